The zero-order valence-corrected chi connectivity index (χ0v) is 11.2. The lowest BCUT2D eigenvalue weighted by molar-refractivity contribution is 0.102. The first kappa shape index (κ1) is 14.0. The van der Waals surface area contributed by atoms with Crippen molar-refractivity contribution in [2.45, 2.75) is 0 Å². The molecule has 0 bridgehead atoms. The molecule has 1 aromatic carbocycles. The van der Waals surface area contributed by atoms with Gasteiger partial charge in [0.25, 0.3) is 5.91 Å². The number of halogens is 1. The van der Waals surface area contributed by atoms with Gasteiger partial charge in [-0.1, -0.05) is 23.4 Å². The van der Waals surface area contributed by atoms with Gasteiger partial charge in [-0.05, 0) is 18.2 Å². The minimum absolute atomic E-state index is 0.257. The first-order valence-electron chi connectivity index (χ1n) is 5.75. The Kier molecular flexibility index (Phi) is 4.66. The number of hydrogen-bond acceptors (Lipinski definition) is 4. The van der Waals surface area contributed by atoms with Crippen LogP contribution in [0.2, 0.25) is 5.02 Å². The second-order valence-electron chi connectivity index (χ2n) is 3.78. The minimum atomic E-state index is -0.292. The summed E-state index contributed by atoms with van der Waals surface area (Å²) in [5.41, 5.74) is 6.88. The Morgan fingerprint density at radius 2 is 2.10 bits per heavy atom. The predicted octanol–water partition coefficient (Wildman–Crippen LogP) is 1.69. The van der Waals surface area contributed by atoms with Crippen LogP contribution in [0.4, 0.5) is 5.69 Å². The number of nitrogens with zero attached hydrogens (tertiary/aromatic N) is 2. The molecule has 0 aliphatic rings. The molecule has 0 atom stereocenters. The first-order valence-corrected chi connectivity index (χ1v) is 6.13. The van der Waals surface area contributed by atoms with Crippen LogP contribution < -0.4 is 11.1 Å². The van der Waals surface area contributed by atoms with E-state index in [0.717, 1.165) is 0 Å². The maximum atomic E-state index is 12.0. The summed E-state index contributed by atoms with van der Waals surface area (Å²) < 4.78 is 0. The molecule has 2 rings (SSSR count). The quantitative estimate of drug-likeness (QED) is 0.823. The SMILES string of the molecule is NCC#Cc1ccc(C(=O)Nc2cncnc2)cc1Cl. The molecule has 0 saturated heterocycles. The van der Waals surface area contributed by atoms with Crippen molar-refractivity contribution >= 4 is 23.2 Å². The van der Waals surface area contributed by atoms with E-state index in [2.05, 4.69) is 27.1 Å². The Morgan fingerprint density at radius 3 is 2.75 bits per heavy atom. The van der Waals surface area contributed by atoms with Crippen molar-refractivity contribution in [3.8, 4) is 11.8 Å². The third kappa shape index (κ3) is 3.54. The van der Waals surface area contributed by atoms with Crippen LogP contribution in [-0.4, -0.2) is 22.4 Å². The average Bonchev–Trinajstić information content (AvgIpc) is 2.47. The van der Waals surface area contributed by atoms with Gasteiger partial charge >= 0.3 is 0 Å². The summed E-state index contributed by atoms with van der Waals surface area (Å²) in [4.78, 5) is 19.6. The van der Waals surface area contributed by atoms with Gasteiger partial charge < -0.3 is 11.1 Å². The molecule has 0 saturated carbocycles. The monoisotopic (exact) mass is 286 g/mol. The standard InChI is InChI=1S/C14H11ClN4O/c15-13-6-11(4-3-10(13)2-1-5-16)14(20)19-12-7-17-9-18-8-12/h3-4,6-9H,5,16H2,(H,19,20). The lowest BCUT2D eigenvalue weighted by Crippen LogP contribution is -2.12. The van der Waals surface area contributed by atoms with Crippen molar-refractivity contribution in [2.75, 3.05) is 11.9 Å². The molecule has 3 N–H and O–H groups in total. The lowest BCUT2D eigenvalue weighted by Gasteiger charge is -2.05. The van der Waals surface area contributed by atoms with Crippen LogP contribution in [0.5, 0.6) is 0 Å². The number of nitrogens with one attached hydrogen (secondary N) is 1. The van der Waals surface area contributed by atoms with Crippen LogP contribution in [0.3, 0.4) is 0 Å². The van der Waals surface area contributed by atoms with Crippen LogP contribution in [-0.2, 0) is 0 Å². The number of hydrogen-bond donors (Lipinski definition) is 2. The zero-order chi connectivity index (χ0) is 14.4. The Balaban J connectivity index is 2.17. The molecule has 6 heteroatoms. The van der Waals surface area contributed by atoms with E-state index in [0.29, 0.717) is 21.8 Å². The molecular weight excluding hydrogens is 276 g/mol. The molecule has 0 fully saturated rings. The predicted molar refractivity (Wildman–Crippen MR) is 77.4 cm³/mol. The van der Waals surface area contributed by atoms with E-state index in [1.807, 2.05) is 0 Å². The fourth-order valence-electron chi connectivity index (χ4n) is 1.47. The van der Waals surface area contributed by atoms with Crippen LogP contribution in [0, 0.1) is 11.8 Å². The second kappa shape index (κ2) is 6.66. The van der Waals surface area contributed by atoms with E-state index < -0.39 is 0 Å². The number of rotatable bonds is 2. The largest absolute Gasteiger partial charge is 0.320 e. The van der Waals surface area contributed by atoms with Gasteiger partial charge in [0.2, 0.25) is 0 Å². The normalized spacial score (nSPS) is 9.50. The molecule has 0 unspecified atom stereocenters. The summed E-state index contributed by atoms with van der Waals surface area (Å²) in [6, 6.07) is 4.88. The Labute approximate surface area is 121 Å². The minimum Gasteiger partial charge on any atom is -0.320 e. The molecule has 5 nitrogen and oxygen atoms in total. The van der Waals surface area contributed by atoms with Crippen LogP contribution in [0.1, 0.15) is 15.9 Å². The van der Waals surface area contributed by atoms with Gasteiger partial charge in [0.15, 0.2) is 0 Å². The number of aromatic nitrogens is 2. The van der Waals surface area contributed by atoms with Gasteiger partial charge in [0, 0.05) is 11.1 Å². The fraction of sp³-hybridized carbons (Fsp3) is 0.0714. The first-order chi connectivity index (χ1) is 9.70. The van der Waals surface area contributed by atoms with E-state index in [-0.39, 0.29) is 12.5 Å². The van der Waals surface area contributed by atoms with Crippen LogP contribution in [0.25, 0.3) is 0 Å². The smallest absolute Gasteiger partial charge is 0.255 e. The van der Waals surface area contributed by atoms with Crippen molar-refractivity contribution in [3.63, 3.8) is 0 Å². The summed E-state index contributed by atoms with van der Waals surface area (Å²) in [6.07, 6.45) is 4.40. The van der Waals surface area contributed by atoms with E-state index in [1.165, 1.54) is 18.7 Å². The highest BCUT2D eigenvalue weighted by molar-refractivity contribution is 6.32. The molecule has 20 heavy (non-hydrogen) atoms. The van der Waals surface area contributed by atoms with Crippen molar-refractivity contribution < 1.29 is 4.79 Å². The van der Waals surface area contributed by atoms with E-state index in [9.17, 15) is 4.79 Å². The van der Waals surface area contributed by atoms with Crippen LogP contribution >= 0.6 is 11.6 Å². The summed E-state index contributed by atoms with van der Waals surface area (Å²) in [5, 5.41) is 3.07. The second-order valence-corrected chi connectivity index (χ2v) is 4.19. The molecule has 1 amide bonds. The summed E-state index contributed by atoms with van der Waals surface area (Å²) in [7, 11) is 0. The molecule has 1 aromatic heterocycles. The van der Waals surface area contributed by atoms with Crippen molar-refractivity contribution in [2.24, 2.45) is 5.73 Å². The van der Waals surface area contributed by atoms with E-state index >= 15 is 0 Å². The van der Waals surface area contributed by atoms with E-state index in [1.54, 1.807) is 18.2 Å². The molecular formula is C14H11ClN4O. The molecule has 2 aromatic rings. The Hall–Kier alpha value is -2.42. The van der Waals surface area contributed by atoms with Gasteiger partial charge in [-0.2, -0.15) is 0 Å². The summed E-state index contributed by atoms with van der Waals surface area (Å²) >= 11 is 6.06. The number of benzene rings is 1. The highest BCUT2D eigenvalue weighted by Crippen LogP contribution is 2.18. The van der Waals surface area contributed by atoms with Gasteiger partial charge in [-0.25, -0.2) is 9.97 Å². The lowest BCUT2D eigenvalue weighted by atomic mass is 10.1. The molecule has 0 aliphatic heterocycles. The maximum absolute atomic E-state index is 12.0. The number of anilines is 1. The van der Waals surface area contributed by atoms with Crippen LogP contribution in [0.15, 0.2) is 36.9 Å². The van der Waals surface area contributed by atoms with Crippen molar-refractivity contribution in [1.82, 2.24) is 9.97 Å². The van der Waals surface area contributed by atoms with Gasteiger partial charge in [0.05, 0.1) is 29.6 Å². The highest BCUT2D eigenvalue weighted by Gasteiger charge is 2.08. The average molecular weight is 287 g/mol. The molecule has 0 radical (unpaired) electrons. The van der Waals surface area contributed by atoms with E-state index in [4.69, 9.17) is 17.3 Å². The van der Waals surface area contributed by atoms with Gasteiger partial charge in [0.1, 0.15) is 6.33 Å². The Bertz CT molecular complexity index is 677. The summed E-state index contributed by atoms with van der Waals surface area (Å²) in [5.74, 6) is 5.25. The number of carbonyl (C=O) groups excluding carboxylic acids is 1. The van der Waals surface area contributed by atoms with Gasteiger partial charge in [-0.15, -0.1) is 0 Å². The third-order valence-electron chi connectivity index (χ3n) is 2.37. The zero-order valence-electron chi connectivity index (χ0n) is 10.4. The highest BCUT2D eigenvalue weighted by atomic mass is 35.5. The molecule has 0 aliphatic carbocycles. The topological polar surface area (TPSA) is 80.9 Å². The number of amides is 1. The van der Waals surface area contributed by atoms with Crippen molar-refractivity contribution in [1.29, 1.82) is 0 Å². The summed E-state index contributed by atoms with van der Waals surface area (Å²) in [6.45, 7) is 0.257. The number of nitrogens with two attached hydrogens (primary N) is 1. The number of carbonyl (C=O) groups is 1. The maximum Gasteiger partial charge on any atom is 0.255 e. The molecule has 100 valence electrons. The fourth-order valence-corrected chi connectivity index (χ4v) is 1.70. The Morgan fingerprint density at radius 1 is 1.35 bits per heavy atom. The molecule has 1 heterocycles. The molecule has 0 spiro atoms. The van der Waals surface area contributed by atoms with Gasteiger partial charge in [-0.3, -0.25) is 4.79 Å². The third-order valence-corrected chi connectivity index (χ3v) is 2.69. The van der Waals surface area contributed by atoms with Crippen molar-refractivity contribution in [3.05, 3.63) is 53.1 Å².